The molecular formula is C24H33N3O3S. The second-order valence-corrected chi connectivity index (χ2v) is 9.83. The van der Waals surface area contributed by atoms with Crippen LogP contribution in [0.4, 0.5) is 11.4 Å². The molecule has 168 valence electrons. The molecule has 1 aliphatic rings. The Morgan fingerprint density at radius 2 is 1.74 bits per heavy atom. The largest absolute Gasteiger partial charge is 0.372 e. The quantitative estimate of drug-likeness (QED) is 0.568. The number of rotatable bonds is 9. The summed E-state index contributed by atoms with van der Waals surface area (Å²) >= 11 is 0. The molecule has 0 bridgehead atoms. The molecule has 2 aromatic rings. The zero-order chi connectivity index (χ0) is 22.3. The molecule has 0 aliphatic carbocycles. The van der Waals surface area contributed by atoms with Gasteiger partial charge < -0.3 is 10.2 Å². The van der Waals surface area contributed by atoms with Crippen LogP contribution in [0.15, 0.2) is 47.4 Å². The van der Waals surface area contributed by atoms with E-state index in [0.29, 0.717) is 24.2 Å². The van der Waals surface area contributed by atoms with Gasteiger partial charge in [0.1, 0.15) is 0 Å². The summed E-state index contributed by atoms with van der Waals surface area (Å²) in [7, 11) is -3.59. The Kier molecular flexibility index (Phi) is 8.09. The van der Waals surface area contributed by atoms with Crippen molar-refractivity contribution in [3.05, 3.63) is 53.6 Å². The molecule has 1 aliphatic heterocycles. The summed E-state index contributed by atoms with van der Waals surface area (Å²) in [5.74, 6) is -0.0999. The highest BCUT2D eigenvalue weighted by Crippen LogP contribution is 2.21. The number of nitrogens with zero attached hydrogens (tertiary/aromatic N) is 1. The molecule has 6 nitrogen and oxygen atoms in total. The minimum atomic E-state index is -3.59. The molecular weight excluding hydrogens is 410 g/mol. The van der Waals surface area contributed by atoms with Crippen molar-refractivity contribution in [2.24, 2.45) is 0 Å². The van der Waals surface area contributed by atoms with Crippen LogP contribution in [0.2, 0.25) is 0 Å². The molecule has 1 heterocycles. The summed E-state index contributed by atoms with van der Waals surface area (Å²) in [5, 5.41) is 2.75. The lowest BCUT2D eigenvalue weighted by molar-refractivity contribution is -0.115. The second kappa shape index (κ2) is 10.8. The maximum atomic E-state index is 12.7. The van der Waals surface area contributed by atoms with Gasteiger partial charge in [-0.25, -0.2) is 13.1 Å². The summed E-state index contributed by atoms with van der Waals surface area (Å²) in [6, 6.07) is 13.5. The van der Waals surface area contributed by atoms with E-state index in [1.807, 2.05) is 0 Å². The minimum absolute atomic E-state index is 0.0999. The van der Waals surface area contributed by atoms with Crippen LogP contribution in [0.5, 0.6) is 0 Å². The first-order chi connectivity index (χ1) is 14.9. The van der Waals surface area contributed by atoms with Gasteiger partial charge in [-0.1, -0.05) is 19.1 Å². The molecule has 2 N–H and O–H groups in total. The molecule has 1 amide bonds. The third-order valence-electron chi connectivity index (χ3n) is 5.66. The number of hydrogen-bond acceptors (Lipinski definition) is 4. The van der Waals surface area contributed by atoms with Gasteiger partial charge in [0, 0.05) is 37.4 Å². The number of nitrogens with one attached hydrogen (secondary N) is 2. The number of hydrogen-bond donors (Lipinski definition) is 2. The number of amides is 1. The van der Waals surface area contributed by atoms with Crippen molar-refractivity contribution in [3.63, 3.8) is 0 Å². The van der Waals surface area contributed by atoms with E-state index in [-0.39, 0.29) is 10.8 Å². The van der Waals surface area contributed by atoms with Gasteiger partial charge in [-0.3, -0.25) is 4.79 Å². The van der Waals surface area contributed by atoms with E-state index in [9.17, 15) is 13.2 Å². The molecule has 3 rings (SSSR count). The lowest BCUT2D eigenvalue weighted by atomic mass is 10.1. The van der Waals surface area contributed by atoms with Gasteiger partial charge in [0.2, 0.25) is 15.9 Å². The highest BCUT2D eigenvalue weighted by molar-refractivity contribution is 7.89. The van der Waals surface area contributed by atoms with Crippen LogP contribution in [-0.4, -0.2) is 34.0 Å². The molecule has 0 aromatic heterocycles. The predicted molar refractivity (Wildman–Crippen MR) is 126 cm³/mol. The monoisotopic (exact) mass is 443 g/mol. The Balaban J connectivity index is 1.50. The topological polar surface area (TPSA) is 78.5 Å². The summed E-state index contributed by atoms with van der Waals surface area (Å²) in [6.45, 7) is 6.15. The van der Waals surface area contributed by atoms with Crippen LogP contribution in [0.3, 0.4) is 0 Å². The summed E-state index contributed by atoms with van der Waals surface area (Å²) in [4.78, 5) is 14.2. The highest BCUT2D eigenvalue weighted by atomic mass is 32.2. The van der Waals surface area contributed by atoms with Crippen LogP contribution >= 0.6 is 0 Å². The number of aryl methyl sites for hydroxylation is 2. The first-order valence-corrected chi connectivity index (χ1v) is 12.6. The fraction of sp³-hybridized carbons (Fsp3) is 0.458. The summed E-state index contributed by atoms with van der Waals surface area (Å²) in [6.07, 6.45) is 5.77. The van der Waals surface area contributed by atoms with Crippen molar-refractivity contribution < 1.29 is 13.2 Å². The molecule has 1 fully saturated rings. The normalized spacial score (nSPS) is 14.5. The molecule has 0 saturated carbocycles. The third-order valence-corrected chi connectivity index (χ3v) is 7.28. The van der Waals surface area contributed by atoms with Crippen molar-refractivity contribution in [1.29, 1.82) is 0 Å². The Bertz CT molecular complexity index is 982. The third kappa shape index (κ3) is 6.55. The summed E-state index contributed by atoms with van der Waals surface area (Å²) in [5.41, 5.74) is 3.70. The number of piperidine rings is 1. The smallest absolute Gasteiger partial charge is 0.240 e. The molecule has 7 heteroatoms. The lowest BCUT2D eigenvalue weighted by Gasteiger charge is -2.28. The minimum Gasteiger partial charge on any atom is -0.372 e. The van der Waals surface area contributed by atoms with E-state index in [4.69, 9.17) is 0 Å². The number of carbonyl (C=O) groups is 1. The molecule has 2 aromatic carbocycles. The SMILES string of the molecule is CCC(=O)Nc1ccc(S(=O)(=O)NCCCc2ccc(N3CCCCC3)cc2)c(C)c1. The van der Waals surface area contributed by atoms with Crippen LogP contribution in [0.25, 0.3) is 0 Å². The standard InChI is InChI=1S/C24H33N3O3S/c1-3-24(28)26-21-11-14-23(19(2)18-21)31(29,30)25-15-7-8-20-9-12-22(13-10-20)27-16-5-4-6-17-27/h9-14,18,25H,3-8,15-17H2,1-2H3,(H,26,28). The van der Waals surface area contributed by atoms with Gasteiger partial charge in [0.05, 0.1) is 4.90 Å². The van der Waals surface area contributed by atoms with E-state index in [1.165, 1.54) is 30.5 Å². The zero-order valence-corrected chi connectivity index (χ0v) is 19.3. The summed E-state index contributed by atoms with van der Waals surface area (Å²) < 4.78 is 28.0. The first-order valence-electron chi connectivity index (χ1n) is 11.1. The van der Waals surface area contributed by atoms with Crippen molar-refractivity contribution in [3.8, 4) is 0 Å². The molecule has 31 heavy (non-hydrogen) atoms. The Morgan fingerprint density at radius 3 is 2.39 bits per heavy atom. The van der Waals surface area contributed by atoms with Gasteiger partial charge in [-0.05, 0) is 80.5 Å². The van der Waals surface area contributed by atoms with Crippen LogP contribution < -0.4 is 14.9 Å². The van der Waals surface area contributed by atoms with Gasteiger partial charge in [0.25, 0.3) is 0 Å². The molecule has 0 spiro atoms. The number of sulfonamides is 1. The van der Waals surface area contributed by atoms with Crippen molar-refractivity contribution in [2.45, 2.75) is 57.3 Å². The highest BCUT2D eigenvalue weighted by Gasteiger charge is 2.17. The average molecular weight is 444 g/mol. The van der Waals surface area contributed by atoms with E-state index >= 15 is 0 Å². The van der Waals surface area contributed by atoms with E-state index in [0.717, 1.165) is 25.9 Å². The maximum absolute atomic E-state index is 12.7. The van der Waals surface area contributed by atoms with Crippen LogP contribution in [-0.2, 0) is 21.2 Å². The van der Waals surface area contributed by atoms with Gasteiger partial charge in [-0.15, -0.1) is 0 Å². The first kappa shape index (κ1) is 23.3. The molecule has 0 radical (unpaired) electrons. The van der Waals surface area contributed by atoms with Gasteiger partial charge in [-0.2, -0.15) is 0 Å². The van der Waals surface area contributed by atoms with E-state index < -0.39 is 10.0 Å². The number of anilines is 2. The fourth-order valence-electron chi connectivity index (χ4n) is 3.88. The van der Waals surface area contributed by atoms with Crippen LogP contribution in [0, 0.1) is 6.92 Å². The fourth-order valence-corrected chi connectivity index (χ4v) is 5.18. The van der Waals surface area contributed by atoms with E-state index in [1.54, 1.807) is 32.0 Å². The van der Waals surface area contributed by atoms with Crippen molar-refractivity contribution in [1.82, 2.24) is 4.72 Å². The second-order valence-electron chi connectivity index (χ2n) is 8.10. The maximum Gasteiger partial charge on any atom is 0.240 e. The molecule has 0 unspecified atom stereocenters. The van der Waals surface area contributed by atoms with Gasteiger partial charge >= 0.3 is 0 Å². The Hall–Kier alpha value is -2.38. The van der Waals surface area contributed by atoms with Crippen molar-refractivity contribution in [2.75, 3.05) is 29.9 Å². The number of benzene rings is 2. The zero-order valence-electron chi connectivity index (χ0n) is 18.5. The molecule has 0 atom stereocenters. The van der Waals surface area contributed by atoms with Gasteiger partial charge in [0.15, 0.2) is 0 Å². The number of carbonyl (C=O) groups excluding carboxylic acids is 1. The Morgan fingerprint density at radius 1 is 1.03 bits per heavy atom. The van der Waals surface area contributed by atoms with Crippen molar-refractivity contribution >= 4 is 27.3 Å². The average Bonchev–Trinajstić information content (AvgIpc) is 2.77. The lowest BCUT2D eigenvalue weighted by Crippen LogP contribution is -2.29. The van der Waals surface area contributed by atoms with Crippen LogP contribution in [0.1, 0.15) is 50.2 Å². The predicted octanol–water partition coefficient (Wildman–Crippen LogP) is 4.24. The molecule has 1 saturated heterocycles. The Labute approximate surface area is 186 Å². The van der Waals surface area contributed by atoms with E-state index in [2.05, 4.69) is 39.2 Å².